The summed E-state index contributed by atoms with van der Waals surface area (Å²) in [6.45, 7) is 0.271. The highest BCUT2D eigenvalue weighted by atomic mass is 32.1. The number of rotatable bonds is 2. The lowest BCUT2D eigenvalue weighted by Crippen LogP contribution is -2.14. The second-order valence-corrected chi connectivity index (χ2v) is 4.04. The number of amides is 1. The fourth-order valence-corrected chi connectivity index (χ4v) is 2.22. The normalized spacial score (nSPS) is 15.6. The van der Waals surface area contributed by atoms with Crippen LogP contribution in [-0.2, 0) is 4.79 Å². The molecule has 0 bridgehead atoms. The van der Waals surface area contributed by atoms with E-state index in [9.17, 15) is 4.79 Å². The van der Waals surface area contributed by atoms with Crippen LogP contribution in [0.3, 0.4) is 0 Å². The zero-order valence-corrected chi connectivity index (χ0v) is 9.33. The molecule has 0 aliphatic carbocycles. The van der Waals surface area contributed by atoms with E-state index in [0.717, 1.165) is 5.56 Å². The summed E-state index contributed by atoms with van der Waals surface area (Å²) in [7, 11) is 0. The summed E-state index contributed by atoms with van der Waals surface area (Å²) >= 11 is 1.51. The molecular formula is C9H6N6OS. The van der Waals surface area contributed by atoms with Crippen molar-refractivity contribution in [1.29, 1.82) is 0 Å². The van der Waals surface area contributed by atoms with Crippen molar-refractivity contribution in [2.24, 2.45) is 10.2 Å². The molecule has 0 saturated carbocycles. The quantitative estimate of drug-likeness (QED) is 0.793. The van der Waals surface area contributed by atoms with Gasteiger partial charge in [0.2, 0.25) is 0 Å². The van der Waals surface area contributed by atoms with Crippen LogP contribution in [0.2, 0.25) is 0 Å². The molecule has 8 heteroatoms. The highest BCUT2D eigenvalue weighted by Crippen LogP contribution is 2.27. The lowest BCUT2D eigenvalue weighted by molar-refractivity contribution is -0.113. The monoisotopic (exact) mass is 246 g/mol. The van der Waals surface area contributed by atoms with Crippen LogP contribution in [0.25, 0.3) is 11.3 Å². The third-order valence-corrected chi connectivity index (χ3v) is 2.97. The summed E-state index contributed by atoms with van der Waals surface area (Å²) in [6.07, 6.45) is 1.31. The maximum atomic E-state index is 11.8. The standard InChI is InChI=1S/C9H6N6OS/c16-9-8(6-1-2-17-4-6)7(3-10-13-9)15-12-5-11-14-15/h1-2,4-5H,3H2. The van der Waals surface area contributed by atoms with Crippen molar-refractivity contribution in [3.05, 3.63) is 28.7 Å². The minimum Gasteiger partial charge on any atom is -0.265 e. The lowest BCUT2D eigenvalue weighted by atomic mass is 10.1. The van der Waals surface area contributed by atoms with Crippen molar-refractivity contribution in [1.82, 2.24) is 20.2 Å². The topological polar surface area (TPSA) is 85.4 Å². The SMILES string of the molecule is O=C1N=NCC(n2ncnn2)=C1c1ccsc1. The molecule has 17 heavy (non-hydrogen) atoms. The Morgan fingerprint density at radius 2 is 2.35 bits per heavy atom. The molecular weight excluding hydrogens is 240 g/mol. The number of aromatic nitrogens is 4. The molecule has 1 amide bonds. The number of tetrazole rings is 1. The average Bonchev–Trinajstić information content (AvgIpc) is 3.02. The van der Waals surface area contributed by atoms with Gasteiger partial charge in [-0.15, -0.1) is 20.1 Å². The van der Waals surface area contributed by atoms with Gasteiger partial charge < -0.3 is 0 Å². The summed E-state index contributed by atoms with van der Waals surface area (Å²) in [5.74, 6) is -0.373. The van der Waals surface area contributed by atoms with E-state index in [-0.39, 0.29) is 12.5 Å². The highest BCUT2D eigenvalue weighted by molar-refractivity contribution is 7.08. The molecule has 0 saturated heterocycles. The van der Waals surface area contributed by atoms with Crippen LogP contribution >= 0.6 is 11.3 Å². The zero-order chi connectivity index (χ0) is 11.7. The Balaban J connectivity index is 2.19. The van der Waals surface area contributed by atoms with Gasteiger partial charge in [-0.2, -0.15) is 16.5 Å². The number of azo groups is 1. The number of hydrogen-bond acceptors (Lipinski definition) is 6. The fraction of sp³-hybridized carbons (Fsp3) is 0.111. The van der Waals surface area contributed by atoms with Gasteiger partial charge >= 0.3 is 0 Å². The van der Waals surface area contributed by atoms with E-state index in [0.29, 0.717) is 11.3 Å². The van der Waals surface area contributed by atoms with Gasteiger partial charge in [0.25, 0.3) is 5.91 Å². The predicted molar refractivity (Wildman–Crippen MR) is 60.0 cm³/mol. The number of nitrogens with zero attached hydrogens (tertiary/aromatic N) is 6. The summed E-state index contributed by atoms with van der Waals surface area (Å²) in [5, 5.41) is 22.4. The molecule has 3 rings (SSSR count). The highest BCUT2D eigenvalue weighted by Gasteiger charge is 2.23. The van der Waals surface area contributed by atoms with Crippen molar-refractivity contribution >= 4 is 28.5 Å². The molecule has 0 spiro atoms. The first-order valence-electron chi connectivity index (χ1n) is 4.77. The molecule has 7 nitrogen and oxygen atoms in total. The molecule has 0 radical (unpaired) electrons. The van der Waals surface area contributed by atoms with E-state index in [1.54, 1.807) is 0 Å². The number of carbonyl (C=O) groups is 1. The molecule has 0 unspecified atom stereocenters. The first-order chi connectivity index (χ1) is 8.36. The summed E-state index contributed by atoms with van der Waals surface area (Å²) in [5.41, 5.74) is 1.89. The van der Waals surface area contributed by atoms with E-state index < -0.39 is 0 Å². The van der Waals surface area contributed by atoms with Crippen LogP contribution < -0.4 is 0 Å². The summed E-state index contributed by atoms with van der Waals surface area (Å²) < 4.78 is 0. The van der Waals surface area contributed by atoms with Crippen molar-refractivity contribution in [2.45, 2.75) is 0 Å². The Kier molecular flexibility index (Phi) is 2.33. The minimum absolute atomic E-state index is 0.271. The van der Waals surface area contributed by atoms with Crippen molar-refractivity contribution in [3.8, 4) is 0 Å². The van der Waals surface area contributed by atoms with E-state index in [1.807, 2.05) is 16.8 Å². The van der Waals surface area contributed by atoms with Crippen LogP contribution in [0, 0.1) is 0 Å². The number of hydrogen-bond donors (Lipinski definition) is 0. The maximum Gasteiger partial charge on any atom is 0.297 e. The fourth-order valence-electron chi connectivity index (χ4n) is 1.57. The zero-order valence-electron chi connectivity index (χ0n) is 8.52. The van der Waals surface area contributed by atoms with Crippen LogP contribution in [-0.4, -0.2) is 32.7 Å². The molecule has 2 aromatic heterocycles. The van der Waals surface area contributed by atoms with Gasteiger partial charge in [0.05, 0.1) is 5.57 Å². The van der Waals surface area contributed by atoms with Crippen LogP contribution in [0.5, 0.6) is 0 Å². The van der Waals surface area contributed by atoms with Gasteiger partial charge in [-0.05, 0) is 27.6 Å². The number of carbonyl (C=O) groups excluding carboxylic acids is 1. The van der Waals surface area contributed by atoms with Crippen LogP contribution in [0.1, 0.15) is 5.56 Å². The van der Waals surface area contributed by atoms with Gasteiger partial charge in [0.15, 0.2) is 6.33 Å². The Morgan fingerprint density at radius 3 is 3.06 bits per heavy atom. The number of thiophene rings is 1. The Morgan fingerprint density at radius 1 is 1.41 bits per heavy atom. The third-order valence-electron chi connectivity index (χ3n) is 2.28. The van der Waals surface area contributed by atoms with Crippen molar-refractivity contribution in [3.63, 3.8) is 0 Å². The molecule has 1 aliphatic rings. The summed E-state index contributed by atoms with van der Waals surface area (Å²) in [6, 6.07) is 1.86. The largest absolute Gasteiger partial charge is 0.297 e. The molecule has 3 heterocycles. The maximum absolute atomic E-state index is 11.8. The average molecular weight is 246 g/mol. The van der Waals surface area contributed by atoms with Gasteiger partial charge in [-0.1, -0.05) is 0 Å². The Hall–Kier alpha value is -2.22. The van der Waals surface area contributed by atoms with Crippen molar-refractivity contribution < 1.29 is 4.79 Å². The van der Waals surface area contributed by atoms with Crippen LogP contribution in [0.4, 0.5) is 0 Å². The second-order valence-electron chi connectivity index (χ2n) is 3.26. The molecule has 0 aromatic carbocycles. The summed E-state index contributed by atoms with van der Waals surface area (Å²) in [4.78, 5) is 13.1. The molecule has 2 aromatic rings. The first-order valence-corrected chi connectivity index (χ1v) is 5.71. The van der Waals surface area contributed by atoms with Gasteiger partial charge in [0.1, 0.15) is 12.2 Å². The Bertz CT molecular complexity index is 597. The molecule has 0 N–H and O–H groups in total. The third kappa shape index (κ3) is 1.68. The smallest absolute Gasteiger partial charge is 0.265 e. The molecule has 84 valence electrons. The predicted octanol–water partition coefficient (Wildman–Crippen LogP) is 1.10. The molecule has 0 atom stereocenters. The second kappa shape index (κ2) is 3.98. The van der Waals surface area contributed by atoms with Gasteiger partial charge in [0, 0.05) is 0 Å². The van der Waals surface area contributed by atoms with Gasteiger partial charge in [-0.3, -0.25) is 4.79 Å². The Labute approximate surface area is 99.5 Å². The first kappa shape index (κ1) is 9.97. The van der Waals surface area contributed by atoms with E-state index in [4.69, 9.17) is 0 Å². The molecule has 1 aliphatic heterocycles. The van der Waals surface area contributed by atoms with Crippen LogP contribution in [0.15, 0.2) is 33.4 Å². The van der Waals surface area contributed by atoms with E-state index in [1.165, 1.54) is 22.5 Å². The minimum atomic E-state index is -0.373. The van der Waals surface area contributed by atoms with E-state index in [2.05, 4.69) is 25.6 Å². The van der Waals surface area contributed by atoms with E-state index >= 15 is 0 Å². The van der Waals surface area contributed by atoms with Gasteiger partial charge in [-0.25, -0.2) is 0 Å². The molecule has 0 fully saturated rings. The lowest BCUT2D eigenvalue weighted by Gasteiger charge is -2.11. The van der Waals surface area contributed by atoms with Crippen molar-refractivity contribution in [2.75, 3.05) is 6.54 Å².